The Labute approximate surface area is 107 Å². The summed E-state index contributed by atoms with van der Waals surface area (Å²) in [4.78, 5) is 23.7. The molecule has 1 aliphatic heterocycles. The van der Waals surface area contributed by atoms with Gasteiger partial charge in [-0.3, -0.25) is 9.59 Å². The Kier molecular flexibility index (Phi) is 2.54. The van der Waals surface area contributed by atoms with Gasteiger partial charge in [-0.2, -0.15) is 0 Å². The maximum absolute atomic E-state index is 12.3. The van der Waals surface area contributed by atoms with Gasteiger partial charge in [-0.25, -0.2) is 0 Å². The van der Waals surface area contributed by atoms with Gasteiger partial charge < -0.3 is 5.32 Å². The van der Waals surface area contributed by atoms with Crippen LogP contribution >= 0.6 is 0 Å². The molecule has 0 unspecified atom stereocenters. The Morgan fingerprint density at radius 2 is 1.94 bits per heavy atom. The molecule has 1 amide bonds. The van der Waals surface area contributed by atoms with Gasteiger partial charge in [0.15, 0.2) is 0 Å². The van der Waals surface area contributed by atoms with Crippen LogP contribution in [-0.4, -0.2) is 19.0 Å². The summed E-state index contributed by atoms with van der Waals surface area (Å²) in [6.45, 7) is 1.98. The molecule has 3 nitrogen and oxygen atoms in total. The van der Waals surface area contributed by atoms with Gasteiger partial charge in [-0.05, 0) is 24.5 Å². The lowest BCUT2D eigenvalue weighted by molar-refractivity contribution is -0.126. The second kappa shape index (κ2) is 3.97. The number of Topliss-reactive ketones (excluding diaryl/α,β-unsaturated/α-hetero) is 1. The number of nitrogens with one attached hydrogen (secondary N) is 1. The Hall–Kier alpha value is -1.58. The summed E-state index contributed by atoms with van der Waals surface area (Å²) in [7, 11) is 2.02. The van der Waals surface area contributed by atoms with Crippen molar-refractivity contribution in [2.24, 2.45) is 0 Å². The van der Waals surface area contributed by atoms with Crippen LogP contribution in [0.1, 0.15) is 31.2 Å². The summed E-state index contributed by atoms with van der Waals surface area (Å²) in [5.74, 6) is 0.346. The van der Waals surface area contributed by atoms with Gasteiger partial charge in [-0.15, -0.1) is 0 Å². The van der Waals surface area contributed by atoms with Crippen LogP contribution in [0.5, 0.6) is 0 Å². The van der Waals surface area contributed by atoms with E-state index in [1.54, 1.807) is 0 Å². The number of ketones is 1. The third-order valence-corrected chi connectivity index (χ3v) is 4.24. The molecule has 1 N–H and O–H groups in total. The average Bonchev–Trinajstić information content (AvgIpc) is 2.65. The molecule has 1 heterocycles. The van der Waals surface area contributed by atoms with E-state index in [0.717, 1.165) is 16.7 Å². The Bertz CT molecular complexity index is 529. The molecule has 1 aromatic rings. The molecule has 1 aromatic carbocycles. The molecule has 18 heavy (non-hydrogen) atoms. The van der Waals surface area contributed by atoms with Gasteiger partial charge in [0.2, 0.25) is 5.91 Å². The second-order valence-electron chi connectivity index (χ2n) is 5.17. The van der Waals surface area contributed by atoms with Crippen molar-refractivity contribution in [2.75, 3.05) is 5.32 Å². The lowest BCUT2D eigenvalue weighted by atomic mass is 9.68. The summed E-state index contributed by atoms with van der Waals surface area (Å²) < 4.78 is 0. The van der Waals surface area contributed by atoms with E-state index < -0.39 is 5.41 Å². The van der Waals surface area contributed by atoms with Crippen LogP contribution in [-0.2, 0) is 15.0 Å². The molecule has 91 valence electrons. The fourth-order valence-electron chi connectivity index (χ4n) is 3.08. The fourth-order valence-corrected chi connectivity index (χ4v) is 3.08. The van der Waals surface area contributed by atoms with Crippen LogP contribution in [0.15, 0.2) is 18.2 Å². The number of hydrogen-bond donors (Lipinski definition) is 1. The first-order chi connectivity index (χ1) is 8.65. The van der Waals surface area contributed by atoms with Crippen molar-refractivity contribution in [3.8, 4) is 0 Å². The van der Waals surface area contributed by atoms with Gasteiger partial charge in [0, 0.05) is 18.5 Å². The topological polar surface area (TPSA) is 46.2 Å². The van der Waals surface area contributed by atoms with E-state index in [0.29, 0.717) is 25.7 Å². The summed E-state index contributed by atoms with van der Waals surface area (Å²) in [5.41, 5.74) is 2.66. The average molecular weight is 240 g/mol. The van der Waals surface area contributed by atoms with Crippen molar-refractivity contribution in [3.05, 3.63) is 23.8 Å². The maximum atomic E-state index is 12.3. The van der Waals surface area contributed by atoms with Crippen molar-refractivity contribution >= 4 is 30.1 Å². The number of benzene rings is 1. The SMILES string of the molecule is C[B]c1ccc2c(c1)NC(=O)C21CCC(=O)CC1. The highest BCUT2D eigenvalue weighted by Crippen LogP contribution is 2.46. The maximum Gasteiger partial charge on any atom is 0.235 e. The van der Waals surface area contributed by atoms with Crippen LogP contribution in [0.25, 0.3) is 0 Å². The first kappa shape index (κ1) is 11.5. The lowest BCUT2D eigenvalue weighted by Gasteiger charge is -2.30. The number of amides is 1. The van der Waals surface area contributed by atoms with Gasteiger partial charge in [0.25, 0.3) is 0 Å². The van der Waals surface area contributed by atoms with Gasteiger partial charge in [-0.1, -0.05) is 24.4 Å². The first-order valence-electron chi connectivity index (χ1n) is 6.43. The van der Waals surface area contributed by atoms with E-state index in [1.165, 1.54) is 0 Å². The standard InChI is InChI=1S/C14H15BNO2/c1-15-9-2-3-11-12(8-9)16-13(18)14(11)6-4-10(17)5-7-14/h2-3,8H,4-7H2,1H3,(H,16,18). The molecule has 1 fully saturated rings. The predicted molar refractivity (Wildman–Crippen MR) is 71.5 cm³/mol. The zero-order valence-electron chi connectivity index (χ0n) is 10.5. The smallest absolute Gasteiger partial charge is 0.235 e. The number of fused-ring (bicyclic) bond motifs is 2. The van der Waals surface area contributed by atoms with E-state index in [-0.39, 0.29) is 11.7 Å². The number of rotatable bonds is 1. The molecular weight excluding hydrogens is 225 g/mol. The quantitative estimate of drug-likeness (QED) is 0.754. The summed E-state index contributed by atoms with van der Waals surface area (Å²) in [5, 5.41) is 2.98. The van der Waals surface area contributed by atoms with E-state index in [9.17, 15) is 9.59 Å². The number of carbonyl (C=O) groups is 2. The monoisotopic (exact) mass is 240 g/mol. The molecule has 2 aliphatic rings. The fraction of sp³-hybridized carbons (Fsp3) is 0.429. The third-order valence-electron chi connectivity index (χ3n) is 4.24. The molecular formula is C14H15BNO2. The molecule has 1 aliphatic carbocycles. The minimum absolute atomic E-state index is 0.0678. The van der Waals surface area contributed by atoms with Crippen molar-refractivity contribution in [2.45, 2.75) is 37.9 Å². The summed E-state index contributed by atoms with van der Waals surface area (Å²) in [6, 6.07) is 6.09. The van der Waals surface area contributed by atoms with Crippen LogP contribution in [0.4, 0.5) is 5.69 Å². The molecule has 1 spiro atoms. The van der Waals surface area contributed by atoms with Crippen molar-refractivity contribution < 1.29 is 9.59 Å². The molecule has 0 aromatic heterocycles. The van der Waals surface area contributed by atoms with Crippen LogP contribution in [0.3, 0.4) is 0 Å². The normalized spacial score (nSPS) is 20.7. The van der Waals surface area contributed by atoms with Crippen LogP contribution in [0.2, 0.25) is 6.82 Å². The zero-order chi connectivity index (χ0) is 12.8. The predicted octanol–water partition coefficient (Wildman–Crippen LogP) is 1.40. The Morgan fingerprint density at radius 3 is 2.61 bits per heavy atom. The molecule has 4 heteroatoms. The van der Waals surface area contributed by atoms with E-state index in [4.69, 9.17) is 0 Å². The van der Waals surface area contributed by atoms with Gasteiger partial charge >= 0.3 is 0 Å². The number of hydrogen-bond acceptors (Lipinski definition) is 2. The number of anilines is 1. The van der Waals surface area contributed by atoms with E-state index in [2.05, 4.69) is 5.32 Å². The number of carbonyl (C=O) groups excluding carboxylic acids is 2. The molecule has 1 radical (unpaired) electrons. The van der Waals surface area contributed by atoms with Crippen LogP contribution < -0.4 is 10.8 Å². The molecule has 0 atom stereocenters. The zero-order valence-corrected chi connectivity index (χ0v) is 10.5. The highest BCUT2D eigenvalue weighted by atomic mass is 16.2. The summed E-state index contributed by atoms with van der Waals surface area (Å²) in [6.07, 6.45) is 2.35. The highest BCUT2D eigenvalue weighted by molar-refractivity contribution is 6.52. The van der Waals surface area contributed by atoms with Gasteiger partial charge in [0.05, 0.1) is 5.41 Å². The minimum atomic E-state index is -0.449. The first-order valence-corrected chi connectivity index (χ1v) is 6.43. The highest BCUT2D eigenvalue weighted by Gasteiger charge is 2.48. The van der Waals surface area contributed by atoms with Crippen molar-refractivity contribution in [3.63, 3.8) is 0 Å². The molecule has 0 bridgehead atoms. The van der Waals surface area contributed by atoms with E-state index in [1.807, 2.05) is 32.3 Å². The van der Waals surface area contributed by atoms with Gasteiger partial charge in [0.1, 0.15) is 13.1 Å². The van der Waals surface area contributed by atoms with Crippen molar-refractivity contribution in [1.82, 2.24) is 0 Å². The summed E-state index contributed by atoms with van der Waals surface area (Å²) >= 11 is 0. The van der Waals surface area contributed by atoms with E-state index >= 15 is 0 Å². The Morgan fingerprint density at radius 1 is 1.22 bits per heavy atom. The minimum Gasteiger partial charge on any atom is -0.325 e. The third kappa shape index (κ3) is 1.52. The molecule has 1 saturated carbocycles. The van der Waals surface area contributed by atoms with Crippen LogP contribution in [0, 0.1) is 0 Å². The molecule has 3 rings (SSSR count). The Balaban J connectivity index is 2.04. The second-order valence-corrected chi connectivity index (χ2v) is 5.17. The van der Waals surface area contributed by atoms with Crippen molar-refractivity contribution in [1.29, 1.82) is 0 Å². The molecule has 0 saturated heterocycles. The lowest BCUT2D eigenvalue weighted by Crippen LogP contribution is -2.38. The largest absolute Gasteiger partial charge is 0.325 e.